The van der Waals surface area contributed by atoms with Gasteiger partial charge in [-0.2, -0.15) is 0 Å². The lowest BCUT2D eigenvalue weighted by Gasteiger charge is -2.21. The van der Waals surface area contributed by atoms with Crippen molar-refractivity contribution < 1.29 is 23.7 Å². The largest absolute Gasteiger partial charge is 0.778 e. The molecule has 1 N–H and O–H groups in total. The molecule has 0 aromatic carbocycles. The van der Waals surface area contributed by atoms with E-state index >= 15 is 0 Å². The van der Waals surface area contributed by atoms with Gasteiger partial charge in [-0.05, 0) is 20.3 Å². The zero-order valence-corrected chi connectivity index (χ0v) is 12.2. The summed E-state index contributed by atoms with van der Waals surface area (Å²) >= 11 is 0. The first kappa shape index (κ1) is 17.3. The summed E-state index contributed by atoms with van der Waals surface area (Å²) in [5, 5.41) is 7.57. The van der Waals surface area contributed by atoms with Gasteiger partial charge in [0.05, 0.1) is 20.2 Å². The maximum atomic E-state index is 11.2. The van der Waals surface area contributed by atoms with E-state index in [2.05, 4.69) is 4.52 Å². The van der Waals surface area contributed by atoms with Crippen LogP contribution in [-0.2, 0) is 22.7 Å². The lowest BCUT2D eigenvalue weighted by molar-refractivity contribution is -0.671. The van der Waals surface area contributed by atoms with E-state index in [0.29, 0.717) is 13.0 Å². The maximum absolute atomic E-state index is 11.2. The molecule has 1 heterocycles. The molecule has 1 unspecified atom stereocenters. The van der Waals surface area contributed by atoms with Crippen molar-refractivity contribution in [3.8, 4) is 0 Å². The van der Waals surface area contributed by atoms with E-state index in [1.807, 2.05) is 34.9 Å². The van der Waals surface area contributed by atoms with Gasteiger partial charge in [0.15, 0.2) is 0 Å². The van der Waals surface area contributed by atoms with Crippen molar-refractivity contribution in [2.45, 2.75) is 26.8 Å². The molecular weight excluding hydrogens is 255 g/mol. The minimum atomic E-state index is -3.59. The predicted molar refractivity (Wildman–Crippen MR) is 67.1 cm³/mol. The minimum Gasteiger partial charge on any atom is -0.778 e. The standard InChI is InChI=1S/C9H17N2O3P.C2H6O/c1-3-14-15(12,13)8-4-5-11-7-6-10(2)9-11;1-2-3/h6-7,9H,3-5,8H2,1-2H3;3H,2H2,1H3. The van der Waals surface area contributed by atoms with Gasteiger partial charge in [0, 0.05) is 12.8 Å². The number of nitrogens with zero attached hydrogens (tertiary/aromatic N) is 2. The zero-order chi connectivity index (χ0) is 14.0. The van der Waals surface area contributed by atoms with E-state index < -0.39 is 7.60 Å². The first-order chi connectivity index (χ1) is 8.45. The van der Waals surface area contributed by atoms with Crippen LogP contribution in [0.4, 0.5) is 0 Å². The third-order valence-electron chi connectivity index (χ3n) is 2.00. The summed E-state index contributed by atoms with van der Waals surface area (Å²) in [6.45, 7) is 4.52. The summed E-state index contributed by atoms with van der Waals surface area (Å²) in [5.41, 5.74) is 0. The lowest BCUT2D eigenvalue weighted by atomic mass is 10.5. The molecule has 0 spiro atoms. The highest BCUT2D eigenvalue weighted by Gasteiger charge is 2.08. The topological polar surface area (TPSA) is 78.4 Å². The van der Waals surface area contributed by atoms with Crippen molar-refractivity contribution in [1.82, 2.24) is 4.57 Å². The van der Waals surface area contributed by atoms with Crippen LogP contribution in [-0.4, -0.2) is 29.0 Å². The number of rotatable bonds is 6. The molecule has 7 heteroatoms. The van der Waals surface area contributed by atoms with Crippen LogP contribution < -0.4 is 9.46 Å². The molecule has 0 bridgehead atoms. The predicted octanol–water partition coefficient (Wildman–Crippen LogP) is 0.291. The number of imidazole rings is 1. The number of hydrogen-bond acceptors (Lipinski definition) is 4. The van der Waals surface area contributed by atoms with Gasteiger partial charge in [0.2, 0.25) is 6.33 Å². The fourth-order valence-corrected chi connectivity index (χ4v) is 2.39. The Morgan fingerprint density at radius 1 is 1.50 bits per heavy atom. The molecule has 1 aromatic heterocycles. The van der Waals surface area contributed by atoms with E-state index in [-0.39, 0.29) is 19.4 Å². The average molecular weight is 278 g/mol. The van der Waals surface area contributed by atoms with Gasteiger partial charge < -0.3 is 19.1 Å². The van der Waals surface area contributed by atoms with Crippen molar-refractivity contribution in [3.05, 3.63) is 18.7 Å². The molecule has 0 aliphatic rings. The molecule has 1 atom stereocenters. The highest BCUT2D eigenvalue weighted by Crippen LogP contribution is 2.37. The Morgan fingerprint density at radius 2 is 2.11 bits per heavy atom. The van der Waals surface area contributed by atoms with Crippen LogP contribution in [0.5, 0.6) is 0 Å². The van der Waals surface area contributed by atoms with Gasteiger partial charge in [-0.3, -0.25) is 0 Å². The Bertz CT molecular complexity index is 368. The van der Waals surface area contributed by atoms with Crippen LogP contribution >= 0.6 is 7.60 Å². The molecule has 1 aromatic rings. The molecule has 0 aliphatic heterocycles. The van der Waals surface area contributed by atoms with Crippen molar-refractivity contribution >= 4 is 7.60 Å². The monoisotopic (exact) mass is 278 g/mol. The Kier molecular flexibility index (Phi) is 8.93. The van der Waals surface area contributed by atoms with E-state index in [1.165, 1.54) is 0 Å². The first-order valence-corrected chi connectivity index (χ1v) is 7.74. The lowest BCUT2D eigenvalue weighted by Crippen LogP contribution is -2.23. The number of hydrogen-bond donors (Lipinski definition) is 1. The van der Waals surface area contributed by atoms with Gasteiger partial charge >= 0.3 is 0 Å². The molecule has 0 amide bonds. The van der Waals surface area contributed by atoms with Gasteiger partial charge in [-0.1, -0.05) is 0 Å². The molecule has 0 radical (unpaired) electrons. The van der Waals surface area contributed by atoms with E-state index in [0.717, 1.165) is 0 Å². The molecule has 18 heavy (non-hydrogen) atoms. The molecule has 0 aliphatic carbocycles. The normalized spacial score (nSPS) is 13.6. The highest BCUT2D eigenvalue weighted by molar-refractivity contribution is 7.51. The fraction of sp³-hybridized carbons (Fsp3) is 0.727. The molecule has 1 rings (SSSR count). The van der Waals surface area contributed by atoms with Crippen LogP contribution in [0.2, 0.25) is 0 Å². The number of aromatic nitrogens is 2. The fourth-order valence-electron chi connectivity index (χ4n) is 1.34. The van der Waals surface area contributed by atoms with Crippen LogP contribution in [0.3, 0.4) is 0 Å². The molecular formula is C11H23N2O4P. The second-order valence-electron chi connectivity index (χ2n) is 3.74. The minimum absolute atomic E-state index is 0.0999. The van der Waals surface area contributed by atoms with Crippen LogP contribution in [0, 0.1) is 0 Å². The van der Waals surface area contributed by atoms with Crippen LogP contribution in [0.15, 0.2) is 18.7 Å². The van der Waals surface area contributed by atoms with Gasteiger partial charge in [0.25, 0.3) is 0 Å². The van der Waals surface area contributed by atoms with Crippen molar-refractivity contribution in [2.75, 3.05) is 19.4 Å². The Hall–Kier alpha value is -0.680. The average Bonchev–Trinajstić information content (AvgIpc) is 2.65. The first-order valence-electron chi connectivity index (χ1n) is 6.01. The van der Waals surface area contributed by atoms with Crippen molar-refractivity contribution in [3.63, 3.8) is 0 Å². The van der Waals surface area contributed by atoms with Gasteiger partial charge in [0.1, 0.15) is 20.0 Å². The molecule has 0 fully saturated rings. The Balaban J connectivity index is 0.000000873. The number of aliphatic hydroxyl groups excluding tert-OH is 1. The Labute approximate surface area is 108 Å². The molecule has 6 nitrogen and oxygen atoms in total. The van der Waals surface area contributed by atoms with E-state index in [1.54, 1.807) is 13.8 Å². The number of aliphatic hydroxyl groups is 1. The number of aryl methyl sites for hydroxylation is 2. The molecule has 106 valence electrons. The van der Waals surface area contributed by atoms with Gasteiger partial charge in [-0.15, -0.1) is 0 Å². The summed E-state index contributed by atoms with van der Waals surface area (Å²) < 4.78 is 19.7. The van der Waals surface area contributed by atoms with Crippen molar-refractivity contribution in [1.29, 1.82) is 0 Å². The summed E-state index contributed by atoms with van der Waals surface area (Å²) in [4.78, 5) is 11.2. The third kappa shape index (κ3) is 8.42. The molecule has 0 saturated carbocycles. The zero-order valence-electron chi connectivity index (χ0n) is 11.3. The maximum Gasteiger partial charge on any atom is 0.243 e. The second-order valence-corrected chi connectivity index (χ2v) is 5.67. The summed E-state index contributed by atoms with van der Waals surface area (Å²) in [7, 11) is -1.67. The van der Waals surface area contributed by atoms with Gasteiger partial charge in [-0.25, -0.2) is 9.13 Å². The summed E-state index contributed by atoms with van der Waals surface area (Å²) in [5.74, 6) is 0. The quantitative estimate of drug-likeness (QED) is 0.599. The van der Waals surface area contributed by atoms with Crippen LogP contribution in [0.25, 0.3) is 0 Å². The SMILES string of the molecule is CCO.CCOP(=O)([O-])CCCn1cc[n+](C)c1. The second kappa shape index (κ2) is 9.28. The summed E-state index contributed by atoms with van der Waals surface area (Å²) in [6.07, 6.45) is 6.42. The van der Waals surface area contributed by atoms with E-state index in [9.17, 15) is 9.46 Å². The van der Waals surface area contributed by atoms with Crippen LogP contribution in [0.1, 0.15) is 20.3 Å². The smallest absolute Gasteiger partial charge is 0.243 e. The van der Waals surface area contributed by atoms with Crippen molar-refractivity contribution in [2.24, 2.45) is 7.05 Å². The summed E-state index contributed by atoms with van der Waals surface area (Å²) in [6, 6.07) is 0. The van der Waals surface area contributed by atoms with E-state index in [4.69, 9.17) is 5.11 Å². The third-order valence-corrected chi connectivity index (χ3v) is 3.51. The highest BCUT2D eigenvalue weighted by atomic mass is 31.2. The molecule has 0 saturated heterocycles. The Morgan fingerprint density at radius 3 is 2.56 bits per heavy atom.